The SMILES string of the molecule is CC(C)NCc1coc2c(Cl)c(Cl)ccc12. The number of hydrogen-bond donors (Lipinski definition) is 1. The van der Waals surface area contributed by atoms with Crippen LogP contribution in [0.5, 0.6) is 0 Å². The fraction of sp³-hybridized carbons (Fsp3) is 0.333. The van der Waals surface area contributed by atoms with E-state index in [1.807, 2.05) is 6.07 Å². The van der Waals surface area contributed by atoms with Crippen molar-refractivity contribution in [2.45, 2.75) is 26.4 Å². The minimum Gasteiger partial charge on any atom is -0.462 e. The van der Waals surface area contributed by atoms with E-state index in [1.54, 1.807) is 12.3 Å². The van der Waals surface area contributed by atoms with Gasteiger partial charge in [0.1, 0.15) is 5.02 Å². The zero-order valence-electron chi connectivity index (χ0n) is 9.18. The highest BCUT2D eigenvalue weighted by molar-refractivity contribution is 6.44. The molecule has 1 N–H and O–H groups in total. The molecule has 16 heavy (non-hydrogen) atoms. The molecule has 0 aliphatic carbocycles. The predicted molar refractivity (Wildman–Crippen MR) is 68.2 cm³/mol. The average molecular weight is 258 g/mol. The van der Waals surface area contributed by atoms with Crippen molar-refractivity contribution in [2.75, 3.05) is 0 Å². The summed E-state index contributed by atoms with van der Waals surface area (Å²) in [6, 6.07) is 4.16. The Hall–Kier alpha value is -0.700. The van der Waals surface area contributed by atoms with Crippen molar-refractivity contribution in [3.8, 4) is 0 Å². The van der Waals surface area contributed by atoms with Gasteiger partial charge in [0.2, 0.25) is 0 Å². The number of benzene rings is 1. The predicted octanol–water partition coefficient (Wildman–Crippen LogP) is 4.24. The van der Waals surface area contributed by atoms with Crippen LogP contribution < -0.4 is 5.32 Å². The van der Waals surface area contributed by atoms with E-state index in [0.717, 1.165) is 17.5 Å². The van der Waals surface area contributed by atoms with Crippen molar-refractivity contribution in [1.29, 1.82) is 0 Å². The summed E-state index contributed by atoms with van der Waals surface area (Å²) in [6.07, 6.45) is 1.72. The van der Waals surface area contributed by atoms with Crippen LogP contribution in [0.1, 0.15) is 19.4 Å². The molecule has 2 nitrogen and oxygen atoms in total. The molecule has 0 fully saturated rings. The van der Waals surface area contributed by atoms with E-state index in [2.05, 4.69) is 19.2 Å². The smallest absolute Gasteiger partial charge is 0.154 e. The van der Waals surface area contributed by atoms with Crippen LogP contribution >= 0.6 is 23.2 Å². The van der Waals surface area contributed by atoms with E-state index in [1.165, 1.54) is 0 Å². The second-order valence-electron chi connectivity index (χ2n) is 4.03. The zero-order valence-corrected chi connectivity index (χ0v) is 10.7. The second kappa shape index (κ2) is 4.66. The molecule has 4 heteroatoms. The Labute approximate surface area is 105 Å². The lowest BCUT2D eigenvalue weighted by Crippen LogP contribution is -2.21. The monoisotopic (exact) mass is 257 g/mol. The van der Waals surface area contributed by atoms with Gasteiger partial charge < -0.3 is 9.73 Å². The van der Waals surface area contributed by atoms with Gasteiger partial charge >= 0.3 is 0 Å². The third-order valence-electron chi connectivity index (χ3n) is 2.42. The molecule has 0 amide bonds. The topological polar surface area (TPSA) is 25.2 Å². The fourth-order valence-electron chi connectivity index (χ4n) is 1.54. The Balaban J connectivity index is 2.38. The van der Waals surface area contributed by atoms with Gasteiger partial charge in [0.15, 0.2) is 5.58 Å². The van der Waals surface area contributed by atoms with Crippen LogP contribution in [-0.2, 0) is 6.54 Å². The number of hydrogen-bond acceptors (Lipinski definition) is 2. The van der Waals surface area contributed by atoms with Crippen LogP contribution in [0, 0.1) is 0 Å². The summed E-state index contributed by atoms with van der Waals surface area (Å²) in [4.78, 5) is 0. The fourth-order valence-corrected chi connectivity index (χ4v) is 1.90. The second-order valence-corrected chi connectivity index (χ2v) is 4.82. The van der Waals surface area contributed by atoms with Gasteiger partial charge in [-0.05, 0) is 12.1 Å². The van der Waals surface area contributed by atoms with E-state index in [-0.39, 0.29) is 0 Å². The molecule has 0 saturated carbocycles. The third-order valence-corrected chi connectivity index (χ3v) is 3.20. The van der Waals surface area contributed by atoms with Crippen LogP contribution in [0.2, 0.25) is 10.0 Å². The molecule has 0 saturated heterocycles. The molecular formula is C12H13Cl2NO. The summed E-state index contributed by atoms with van der Waals surface area (Å²) < 4.78 is 5.44. The number of furan rings is 1. The lowest BCUT2D eigenvalue weighted by atomic mass is 10.1. The Morgan fingerprint density at radius 2 is 2.06 bits per heavy atom. The first kappa shape index (κ1) is 11.8. The summed E-state index contributed by atoms with van der Waals surface area (Å²) >= 11 is 12.0. The van der Waals surface area contributed by atoms with Crippen LogP contribution in [0.3, 0.4) is 0 Å². The van der Waals surface area contributed by atoms with Crippen LogP contribution in [-0.4, -0.2) is 6.04 Å². The molecule has 2 rings (SSSR count). The van der Waals surface area contributed by atoms with Crippen LogP contribution in [0.15, 0.2) is 22.8 Å². The first-order valence-electron chi connectivity index (χ1n) is 5.17. The maximum Gasteiger partial charge on any atom is 0.154 e. The summed E-state index contributed by atoms with van der Waals surface area (Å²) in [5, 5.41) is 5.36. The molecule has 0 radical (unpaired) electrons. The van der Waals surface area contributed by atoms with Crippen LogP contribution in [0.25, 0.3) is 11.0 Å². The van der Waals surface area contributed by atoms with E-state index in [0.29, 0.717) is 21.7 Å². The average Bonchev–Trinajstić information content (AvgIpc) is 2.64. The van der Waals surface area contributed by atoms with Gasteiger partial charge in [-0.25, -0.2) is 0 Å². The summed E-state index contributed by atoms with van der Waals surface area (Å²) in [7, 11) is 0. The molecule has 1 aromatic heterocycles. The number of rotatable bonds is 3. The number of fused-ring (bicyclic) bond motifs is 1. The standard InChI is InChI=1S/C12H13Cl2NO/c1-7(2)15-5-8-6-16-12-9(8)3-4-10(13)11(12)14/h3-4,6-7,15H,5H2,1-2H3. The molecule has 0 unspecified atom stereocenters. The summed E-state index contributed by atoms with van der Waals surface area (Å²) in [5.41, 5.74) is 1.76. The van der Waals surface area contributed by atoms with Crippen molar-refractivity contribution in [1.82, 2.24) is 5.32 Å². The molecule has 1 heterocycles. The molecule has 86 valence electrons. The van der Waals surface area contributed by atoms with Gasteiger partial charge in [-0.15, -0.1) is 0 Å². The quantitative estimate of drug-likeness (QED) is 0.890. The largest absolute Gasteiger partial charge is 0.462 e. The van der Waals surface area contributed by atoms with E-state index >= 15 is 0 Å². The van der Waals surface area contributed by atoms with E-state index in [4.69, 9.17) is 27.6 Å². The minimum atomic E-state index is 0.438. The Morgan fingerprint density at radius 3 is 2.75 bits per heavy atom. The maximum absolute atomic E-state index is 6.06. The molecule has 0 aliphatic heterocycles. The summed E-state index contributed by atoms with van der Waals surface area (Å²) in [6.45, 7) is 4.97. The maximum atomic E-state index is 6.06. The lowest BCUT2D eigenvalue weighted by Gasteiger charge is -2.06. The van der Waals surface area contributed by atoms with E-state index < -0.39 is 0 Å². The van der Waals surface area contributed by atoms with Gasteiger partial charge in [0, 0.05) is 23.5 Å². The highest BCUT2D eigenvalue weighted by atomic mass is 35.5. The van der Waals surface area contributed by atoms with Gasteiger partial charge in [0.05, 0.1) is 11.3 Å². The van der Waals surface area contributed by atoms with Crippen molar-refractivity contribution < 1.29 is 4.42 Å². The molecule has 0 bridgehead atoms. The van der Waals surface area contributed by atoms with Crippen molar-refractivity contribution in [3.63, 3.8) is 0 Å². The van der Waals surface area contributed by atoms with Gasteiger partial charge in [-0.2, -0.15) is 0 Å². The molecule has 0 aliphatic rings. The molecular weight excluding hydrogens is 245 g/mol. The third kappa shape index (κ3) is 2.19. The Bertz CT molecular complexity index is 505. The number of nitrogens with one attached hydrogen (secondary N) is 1. The van der Waals surface area contributed by atoms with Gasteiger partial charge in [-0.1, -0.05) is 37.0 Å². The Kier molecular flexibility index (Phi) is 3.43. The number of halogens is 2. The zero-order chi connectivity index (χ0) is 11.7. The molecule has 0 atom stereocenters. The molecule has 2 aromatic rings. The highest BCUT2D eigenvalue weighted by Gasteiger charge is 2.11. The van der Waals surface area contributed by atoms with Gasteiger partial charge in [0.25, 0.3) is 0 Å². The van der Waals surface area contributed by atoms with Crippen molar-refractivity contribution in [2.24, 2.45) is 0 Å². The molecule has 1 aromatic carbocycles. The first-order chi connectivity index (χ1) is 7.59. The lowest BCUT2D eigenvalue weighted by molar-refractivity contribution is 0.572. The minimum absolute atomic E-state index is 0.438. The van der Waals surface area contributed by atoms with Gasteiger partial charge in [-0.3, -0.25) is 0 Å². The normalized spacial score (nSPS) is 11.6. The first-order valence-corrected chi connectivity index (χ1v) is 5.92. The molecule has 0 spiro atoms. The van der Waals surface area contributed by atoms with Crippen LogP contribution in [0.4, 0.5) is 0 Å². The van der Waals surface area contributed by atoms with Crippen molar-refractivity contribution in [3.05, 3.63) is 34.0 Å². The van der Waals surface area contributed by atoms with E-state index in [9.17, 15) is 0 Å². The summed E-state index contributed by atoms with van der Waals surface area (Å²) in [5.74, 6) is 0. The van der Waals surface area contributed by atoms with Crippen molar-refractivity contribution >= 4 is 34.2 Å². The highest BCUT2D eigenvalue weighted by Crippen LogP contribution is 2.33. The Morgan fingerprint density at radius 1 is 1.31 bits per heavy atom.